The molecule has 1 aromatic carbocycles. The monoisotopic (exact) mass is 384 g/mol. The number of nitro benzene ring substituents is 1. The van der Waals surface area contributed by atoms with E-state index >= 15 is 0 Å². The number of amides is 1. The second-order valence-corrected chi connectivity index (χ2v) is 5.02. The van der Waals surface area contributed by atoms with Crippen molar-refractivity contribution in [2.24, 2.45) is 0 Å². The lowest BCUT2D eigenvalue weighted by Crippen LogP contribution is -2.43. The van der Waals surface area contributed by atoms with Gasteiger partial charge in [-0.1, -0.05) is 15.9 Å². The Balaban J connectivity index is 3.05. The van der Waals surface area contributed by atoms with Gasteiger partial charge in [0.1, 0.15) is 11.6 Å². The van der Waals surface area contributed by atoms with Crippen molar-refractivity contribution < 1.29 is 32.8 Å². The van der Waals surface area contributed by atoms with Gasteiger partial charge in [-0.05, 0) is 12.1 Å². The molecule has 0 aliphatic carbocycles. The van der Waals surface area contributed by atoms with Gasteiger partial charge in [-0.2, -0.15) is 13.2 Å². The van der Waals surface area contributed by atoms with Crippen molar-refractivity contribution in [1.82, 2.24) is 5.32 Å². The Morgan fingerprint density at radius 1 is 1.41 bits per heavy atom. The van der Waals surface area contributed by atoms with E-state index in [0.29, 0.717) is 0 Å². The molecule has 1 aromatic rings. The van der Waals surface area contributed by atoms with Crippen LogP contribution in [0.5, 0.6) is 0 Å². The number of carboxylic acids is 1. The van der Waals surface area contributed by atoms with E-state index in [1.54, 1.807) is 5.32 Å². The van der Waals surface area contributed by atoms with Crippen LogP contribution in [-0.4, -0.2) is 34.1 Å². The van der Waals surface area contributed by atoms with Crippen LogP contribution < -0.4 is 5.32 Å². The number of carboxylic acid groups (broad SMARTS) is 1. The highest BCUT2D eigenvalue weighted by Crippen LogP contribution is 2.25. The first-order valence-electron chi connectivity index (χ1n) is 5.55. The van der Waals surface area contributed by atoms with Gasteiger partial charge in [0.25, 0.3) is 11.6 Å². The van der Waals surface area contributed by atoms with Gasteiger partial charge in [-0.15, -0.1) is 0 Å². The number of nitrogens with zero attached hydrogens (tertiary/aromatic N) is 1. The van der Waals surface area contributed by atoms with Crippen molar-refractivity contribution in [1.29, 1.82) is 0 Å². The van der Waals surface area contributed by atoms with Crippen LogP contribution in [0.2, 0.25) is 0 Å². The number of aliphatic carboxylic acids is 1. The maximum absolute atomic E-state index is 12.3. The van der Waals surface area contributed by atoms with E-state index < -0.39 is 46.7 Å². The lowest BCUT2D eigenvalue weighted by molar-refractivity contribution is -0.385. The van der Waals surface area contributed by atoms with E-state index in [1.807, 2.05) is 0 Å². The van der Waals surface area contributed by atoms with Crippen LogP contribution in [0.25, 0.3) is 0 Å². The molecule has 11 heteroatoms. The summed E-state index contributed by atoms with van der Waals surface area (Å²) in [5.41, 5.74) is -1.20. The van der Waals surface area contributed by atoms with Crippen LogP contribution in [0.15, 0.2) is 22.7 Å². The largest absolute Gasteiger partial charge is 0.480 e. The number of nitro groups is 1. The number of alkyl halides is 3. The average molecular weight is 385 g/mol. The summed E-state index contributed by atoms with van der Waals surface area (Å²) in [5, 5.41) is 21.2. The van der Waals surface area contributed by atoms with Crippen molar-refractivity contribution >= 4 is 33.5 Å². The Hall–Kier alpha value is -2.17. The van der Waals surface area contributed by atoms with E-state index in [9.17, 15) is 32.9 Å². The number of halogens is 4. The molecule has 0 saturated heterocycles. The highest BCUT2D eigenvalue weighted by Gasteiger charge is 2.37. The molecule has 0 aliphatic heterocycles. The number of benzene rings is 1. The quantitative estimate of drug-likeness (QED) is 0.598. The number of rotatable bonds is 5. The fraction of sp³-hybridized carbons (Fsp3) is 0.273. The molecule has 1 unspecified atom stereocenters. The summed E-state index contributed by atoms with van der Waals surface area (Å²) in [6.45, 7) is 0. The maximum Gasteiger partial charge on any atom is 0.391 e. The third-order valence-corrected chi connectivity index (χ3v) is 2.93. The van der Waals surface area contributed by atoms with Crippen molar-refractivity contribution in [3.05, 3.63) is 38.3 Å². The minimum Gasteiger partial charge on any atom is -0.480 e. The highest BCUT2D eigenvalue weighted by atomic mass is 79.9. The van der Waals surface area contributed by atoms with Crippen LogP contribution >= 0.6 is 15.9 Å². The first-order valence-corrected chi connectivity index (χ1v) is 6.35. The van der Waals surface area contributed by atoms with Gasteiger partial charge >= 0.3 is 12.1 Å². The number of hydrogen-bond donors (Lipinski definition) is 2. The molecule has 0 aliphatic rings. The van der Waals surface area contributed by atoms with Crippen molar-refractivity contribution in [3.8, 4) is 0 Å². The fourth-order valence-corrected chi connectivity index (χ4v) is 1.86. The summed E-state index contributed by atoms with van der Waals surface area (Å²) in [7, 11) is 0. The van der Waals surface area contributed by atoms with E-state index in [2.05, 4.69) is 15.9 Å². The highest BCUT2D eigenvalue weighted by molar-refractivity contribution is 9.10. The zero-order chi connectivity index (χ0) is 17.1. The lowest BCUT2D eigenvalue weighted by atomic mass is 10.1. The molecule has 1 rings (SSSR count). The Morgan fingerprint density at radius 3 is 2.45 bits per heavy atom. The lowest BCUT2D eigenvalue weighted by Gasteiger charge is -2.16. The van der Waals surface area contributed by atoms with E-state index in [1.165, 1.54) is 6.07 Å². The minimum absolute atomic E-state index is 0.279. The molecule has 0 saturated carbocycles. The fourth-order valence-electron chi connectivity index (χ4n) is 1.52. The molecular weight excluding hydrogens is 377 g/mol. The molecule has 0 bridgehead atoms. The van der Waals surface area contributed by atoms with Crippen LogP contribution in [0.1, 0.15) is 16.8 Å². The Bertz CT molecular complexity index is 620. The Kier molecular flexibility index (Phi) is 5.47. The minimum atomic E-state index is -4.82. The summed E-state index contributed by atoms with van der Waals surface area (Å²) >= 11 is 2.95. The molecule has 0 aromatic heterocycles. The molecule has 1 amide bonds. The Morgan fingerprint density at radius 2 is 2.00 bits per heavy atom. The number of nitrogens with one attached hydrogen (secondary N) is 1. The zero-order valence-corrected chi connectivity index (χ0v) is 12.1. The molecule has 7 nitrogen and oxygen atoms in total. The third kappa shape index (κ3) is 4.98. The SMILES string of the molecule is O=C(NC(CC(F)(F)F)C(=O)O)c1ccc(Br)cc1[N+](=O)[O-]. The van der Waals surface area contributed by atoms with Gasteiger partial charge in [0.05, 0.1) is 11.3 Å². The van der Waals surface area contributed by atoms with E-state index in [4.69, 9.17) is 5.11 Å². The molecule has 120 valence electrons. The predicted octanol–water partition coefficient (Wildman–Crippen LogP) is 2.49. The molecule has 0 fully saturated rings. The molecule has 0 spiro atoms. The number of hydrogen-bond acceptors (Lipinski definition) is 4. The third-order valence-electron chi connectivity index (χ3n) is 2.44. The molecule has 2 N–H and O–H groups in total. The Labute approximate surface area is 129 Å². The van der Waals surface area contributed by atoms with Crippen LogP contribution in [0.4, 0.5) is 18.9 Å². The normalized spacial score (nSPS) is 12.5. The van der Waals surface area contributed by atoms with Crippen molar-refractivity contribution in [2.45, 2.75) is 18.6 Å². The molecular formula is C11H8BrF3N2O5. The topological polar surface area (TPSA) is 110 Å². The standard InChI is InChI=1S/C11H8BrF3N2O5/c12-5-1-2-6(8(3-5)17(21)22)9(18)16-7(10(19)20)4-11(13,14)15/h1-3,7H,4H2,(H,16,18)(H,19,20). The molecule has 0 radical (unpaired) electrons. The first kappa shape index (κ1) is 17.9. The number of carbonyl (C=O) groups excluding carboxylic acids is 1. The van der Waals surface area contributed by atoms with Crippen molar-refractivity contribution in [2.75, 3.05) is 0 Å². The smallest absolute Gasteiger partial charge is 0.391 e. The summed E-state index contributed by atoms with van der Waals surface area (Å²) in [5.74, 6) is -3.18. The van der Waals surface area contributed by atoms with E-state index in [-0.39, 0.29) is 4.47 Å². The first-order chi connectivity index (χ1) is 10.0. The van der Waals surface area contributed by atoms with Gasteiger partial charge in [-0.25, -0.2) is 4.79 Å². The van der Waals surface area contributed by atoms with Crippen LogP contribution in [0.3, 0.4) is 0 Å². The second-order valence-electron chi connectivity index (χ2n) is 4.10. The average Bonchev–Trinajstić information content (AvgIpc) is 2.35. The summed E-state index contributed by atoms with van der Waals surface area (Å²) in [6.07, 6.45) is -6.61. The van der Waals surface area contributed by atoms with Gasteiger partial charge in [0, 0.05) is 10.5 Å². The van der Waals surface area contributed by atoms with Crippen molar-refractivity contribution in [3.63, 3.8) is 0 Å². The summed E-state index contributed by atoms with van der Waals surface area (Å²) in [4.78, 5) is 32.5. The van der Waals surface area contributed by atoms with Crippen LogP contribution in [0, 0.1) is 10.1 Å². The van der Waals surface area contributed by atoms with Gasteiger partial charge < -0.3 is 10.4 Å². The predicted molar refractivity (Wildman–Crippen MR) is 70.4 cm³/mol. The van der Waals surface area contributed by atoms with E-state index in [0.717, 1.165) is 12.1 Å². The maximum atomic E-state index is 12.3. The van der Waals surface area contributed by atoms with Crippen LogP contribution in [-0.2, 0) is 4.79 Å². The van der Waals surface area contributed by atoms with Gasteiger partial charge in [0.2, 0.25) is 0 Å². The molecule has 1 atom stereocenters. The summed E-state index contributed by atoms with van der Waals surface area (Å²) < 4.78 is 37.0. The summed E-state index contributed by atoms with van der Waals surface area (Å²) in [6, 6.07) is 1.01. The molecule has 22 heavy (non-hydrogen) atoms. The van der Waals surface area contributed by atoms with Gasteiger partial charge in [-0.3, -0.25) is 14.9 Å². The second kappa shape index (κ2) is 6.73. The molecule has 0 heterocycles. The van der Waals surface area contributed by atoms with Gasteiger partial charge in [0.15, 0.2) is 0 Å². The zero-order valence-electron chi connectivity index (χ0n) is 10.6. The number of carbonyl (C=O) groups is 2.